The normalized spacial score (nSPS) is 27.0. The molecular formula is C21H26NO3+. The van der Waals surface area contributed by atoms with E-state index in [1.807, 2.05) is 0 Å². The standard InChI is InChI=1S/C21H26NO3/c1-24-19-10-16-8-9-22(12-15-6-4-3-5-7-15)13-17(14-23)21(22)18(16)11-20(19)25-2/h3-7,10-11,17,21,23H,8-9,12-14H2,1-2H3/q+1/t17-,21-,22+/m1/s1. The summed E-state index contributed by atoms with van der Waals surface area (Å²) >= 11 is 0. The largest absolute Gasteiger partial charge is 0.493 e. The second kappa shape index (κ2) is 6.36. The van der Waals surface area contributed by atoms with Crippen LogP contribution in [0.5, 0.6) is 11.5 Å². The Hall–Kier alpha value is -2.04. The summed E-state index contributed by atoms with van der Waals surface area (Å²) in [7, 11) is 3.37. The molecule has 0 spiro atoms. The number of methoxy groups -OCH3 is 2. The van der Waals surface area contributed by atoms with E-state index in [1.165, 1.54) is 16.7 Å². The van der Waals surface area contributed by atoms with Crippen molar-refractivity contribution < 1.29 is 19.1 Å². The molecule has 0 aromatic heterocycles. The van der Waals surface area contributed by atoms with E-state index in [1.54, 1.807) is 14.2 Å². The summed E-state index contributed by atoms with van der Waals surface area (Å²) in [6, 6.07) is 15.3. The molecule has 2 heterocycles. The molecule has 25 heavy (non-hydrogen) atoms. The summed E-state index contributed by atoms with van der Waals surface area (Å²) in [4.78, 5) is 0. The molecule has 2 aromatic rings. The fraction of sp³-hybridized carbons (Fsp3) is 0.429. The second-order valence-electron chi connectivity index (χ2n) is 7.31. The van der Waals surface area contributed by atoms with Crippen molar-refractivity contribution in [2.75, 3.05) is 33.9 Å². The van der Waals surface area contributed by atoms with Gasteiger partial charge in [0.2, 0.25) is 0 Å². The van der Waals surface area contributed by atoms with Crippen molar-refractivity contribution in [1.29, 1.82) is 0 Å². The Bertz CT molecular complexity index is 761. The number of aliphatic hydroxyl groups excluding tert-OH is 1. The monoisotopic (exact) mass is 340 g/mol. The first-order chi connectivity index (χ1) is 12.2. The summed E-state index contributed by atoms with van der Waals surface area (Å²) in [5.74, 6) is 1.90. The SMILES string of the molecule is COc1cc2c(cc1OC)[C@H]1[C@@H](CO)C[N@@+]1(Cc1ccccc1)CC2. The molecule has 2 aliphatic rings. The Kier molecular flexibility index (Phi) is 4.18. The topological polar surface area (TPSA) is 38.7 Å². The van der Waals surface area contributed by atoms with Crippen molar-refractivity contribution in [1.82, 2.24) is 0 Å². The molecule has 0 bridgehead atoms. The maximum atomic E-state index is 9.89. The summed E-state index contributed by atoms with van der Waals surface area (Å²) in [6.07, 6.45) is 1.04. The molecule has 0 saturated carbocycles. The van der Waals surface area contributed by atoms with Crippen molar-refractivity contribution in [2.24, 2.45) is 5.92 Å². The average Bonchev–Trinajstić information content (AvgIpc) is 2.64. The van der Waals surface area contributed by atoms with Gasteiger partial charge in [-0.2, -0.15) is 0 Å². The van der Waals surface area contributed by atoms with E-state index in [4.69, 9.17) is 9.47 Å². The molecule has 0 amide bonds. The van der Waals surface area contributed by atoms with Crippen LogP contribution in [-0.4, -0.2) is 43.5 Å². The molecule has 2 aliphatic heterocycles. The Morgan fingerprint density at radius 3 is 2.48 bits per heavy atom. The van der Waals surface area contributed by atoms with E-state index in [0.717, 1.165) is 42.0 Å². The lowest BCUT2D eigenvalue weighted by Crippen LogP contribution is -2.67. The molecule has 0 unspecified atom stereocenters. The van der Waals surface area contributed by atoms with Gasteiger partial charge in [0.25, 0.3) is 0 Å². The van der Waals surface area contributed by atoms with Gasteiger partial charge >= 0.3 is 0 Å². The maximum absolute atomic E-state index is 9.89. The van der Waals surface area contributed by atoms with E-state index >= 15 is 0 Å². The van der Waals surface area contributed by atoms with E-state index in [9.17, 15) is 5.11 Å². The number of hydrogen-bond acceptors (Lipinski definition) is 3. The summed E-state index contributed by atoms with van der Waals surface area (Å²) in [5.41, 5.74) is 4.03. The first-order valence-corrected chi connectivity index (χ1v) is 8.96. The highest BCUT2D eigenvalue weighted by Gasteiger charge is 2.57. The van der Waals surface area contributed by atoms with Gasteiger partial charge < -0.3 is 19.1 Å². The van der Waals surface area contributed by atoms with Crippen molar-refractivity contribution >= 4 is 0 Å². The van der Waals surface area contributed by atoms with Gasteiger partial charge in [-0.1, -0.05) is 30.3 Å². The van der Waals surface area contributed by atoms with E-state index in [-0.39, 0.29) is 6.61 Å². The number of rotatable bonds is 5. The zero-order chi connectivity index (χ0) is 17.4. The lowest BCUT2D eigenvalue weighted by atomic mass is 9.74. The van der Waals surface area contributed by atoms with E-state index < -0.39 is 0 Å². The van der Waals surface area contributed by atoms with Crippen LogP contribution >= 0.6 is 0 Å². The highest BCUT2D eigenvalue weighted by molar-refractivity contribution is 5.49. The molecule has 132 valence electrons. The van der Waals surface area contributed by atoms with Crippen LogP contribution in [0.1, 0.15) is 22.7 Å². The summed E-state index contributed by atoms with van der Waals surface area (Å²) in [6.45, 7) is 3.42. The first-order valence-electron chi connectivity index (χ1n) is 8.96. The van der Waals surface area contributed by atoms with Crippen molar-refractivity contribution in [3.05, 3.63) is 59.2 Å². The lowest BCUT2D eigenvalue weighted by molar-refractivity contribution is -1.02. The molecule has 1 N–H and O–H groups in total. The minimum absolute atomic E-state index is 0.243. The fourth-order valence-corrected chi connectivity index (χ4v) is 4.89. The number of benzene rings is 2. The second-order valence-corrected chi connectivity index (χ2v) is 7.31. The van der Waals surface area contributed by atoms with Gasteiger partial charge in [0.05, 0.1) is 39.8 Å². The molecule has 2 aromatic carbocycles. The Balaban J connectivity index is 1.73. The van der Waals surface area contributed by atoms with Gasteiger partial charge in [-0.15, -0.1) is 0 Å². The minimum Gasteiger partial charge on any atom is -0.493 e. The van der Waals surface area contributed by atoms with Crippen molar-refractivity contribution in [3.8, 4) is 11.5 Å². The molecule has 0 radical (unpaired) electrons. The van der Waals surface area contributed by atoms with Crippen LogP contribution in [0.25, 0.3) is 0 Å². The Labute approximate surface area is 149 Å². The minimum atomic E-state index is 0.243. The van der Waals surface area contributed by atoms with Gasteiger partial charge in [0.1, 0.15) is 12.6 Å². The van der Waals surface area contributed by atoms with Crippen LogP contribution in [0.2, 0.25) is 0 Å². The van der Waals surface area contributed by atoms with E-state index in [2.05, 4.69) is 42.5 Å². The fourth-order valence-electron chi connectivity index (χ4n) is 4.89. The van der Waals surface area contributed by atoms with Crippen molar-refractivity contribution in [2.45, 2.75) is 19.0 Å². The number of fused-ring (bicyclic) bond motifs is 3. The highest BCUT2D eigenvalue weighted by Crippen LogP contribution is 2.52. The zero-order valence-corrected chi connectivity index (χ0v) is 14.9. The third-order valence-corrected chi connectivity index (χ3v) is 6.00. The Morgan fingerprint density at radius 1 is 1.08 bits per heavy atom. The molecule has 1 fully saturated rings. The smallest absolute Gasteiger partial charge is 0.161 e. The average molecular weight is 340 g/mol. The molecule has 4 rings (SSSR count). The molecular weight excluding hydrogens is 314 g/mol. The maximum Gasteiger partial charge on any atom is 0.161 e. The van der Waals surface area contributed by atoms with Gasteiger partial charge in [-0.25, -0.2) is 0 Å². The molecule has 4 nitrogen and oxygen atoms in total. The molecule has 3 atom stereocenters. The predicted octanol–water partition coefficient (Wildman–Crippen LogP) is 2.94. The predicted molar refractivity (Wildman–Crippen MR) is 96.7 cm³/mol. The van der Waals surface area contributed by atoms with Crippen LogP contribution in [0, 0.1) is 5.92 Å². The van der Waals surface area contributed by atoms with Crippen LogP contribution in [0.3, 0.4) is 0 Å². The van der Waals surface area contributed by atoms with Crippen molar-refractivity contribution in [3.63, 3.8) is 0 Å². The van der Waals surface area contributed by atoms with Crippen LogP contribution in [-0.2, 0) is 13.0 Å². The van der Waals surface area contributed by atoms with Gasteiger partial charge in [-0.3, -0.25) is 0 Å². The number of hydrogen-bond donors (Lipinski definition) is 1. The first kappa shape index (κ1) is 16.4. The number of quaternary nitrogens is 1. The third-order valence-electron chi connectivity index (χ3n) is 6.00. The van der Waals surface area contributed by atoms with Gasteiger partial charge in [0.15, 0.2) is 11.5 Å². The zero-order valence-electron chi connectivity index (χ0n) is 14.9. The summed E-state index contributed by atoms with van der Waals surface area (Å²) in [5, 5.41) is 9.89. The van der Waals surface area contributed by atoms with Gasteiger partial charge in [0, 0.05) is 17.5 Å². The molecule has 4 heteroatoms. The number of aliphatic hydroxyl groups is 1. The van der Waals surface area contributed by atoms with E-state index in [0.29, 0.717) is 12.0 Å². The highest BCUT2D eigenvalue weighted by atomic mass is 16.5. The molecule has 0 aliphatic carbocycles. The third kappa shape index (κ3) is 2.60. The number of ether oxygens (including phenoxy) is 2. The number of nitrogens with zero attached hydrogens (tertiary/aromatic N) is 1. The van der Waals surface area contributed by atoms with Gasteiger partial charge in [-0.05, 0) is 17.7 Å². The van der Waals surface area contributed by atoms with Crippen LogP contribution in [0.4, 0.5) is 0 Å². The van der Waals surface area contributed by atoms with Crippen LogP contribution < -0.4 is 9.47 Å². The summed E-state index contributed by atoms with van der Waals surface area (Å²) < 4.78 is 12.1. The lowest BCUT2D eigenvalue weighted by Gasteiger charge is -2.59. The quantitative estimate of drug-likeness (QED) is 0.851. The van der Waals surface area contributed by atoms with Crippen LogP contribution in [0.15, 0.2) is 42.5 Å². The Morgan fingerprint density at radius 2 is 1.80 bits per heavy atom. The molecule has 1 saturated heterocycles.